The number of nitrogens with zero attached hydrogens (tertiary/aromatic N) is 1. The molecule has 19 heavy (non-hydrogen) atoms. The van der Waals surface area contributed by atoms with E-state index in [1.165, 1.54) is 0 Å². The van der Waals surface area contributed by atoms with Gasteiger partial charge in [-0.15, -0.1) is 0 Å². The Balaban J connectivity index is 2.53. The molecule has 4 heteroatoms. The van der Waals surface area contributed by atoms with Crippen LogP contribution in [0.4, 0.5) is 4.79 Å². The van der Waals surface area contributed by atoms with E-state index in [9.17, 15) is 4.79 Å². The Hall–Kier alpha value is -0.770. The maximum Gasteiger partial charge on any atom is 0.407 e. The molecular weight excluding hydrogens is 240 g/mol. The van der Waals surface area contributed by atoms with Crippen LogP contribution < -0.4 is 5.32 Å². The number of nitrogens with one attached hydrogen (secondary N) is 1. The molecule has 0 aromatic carbocycles. The van der Waals surface area contributed by atoms with Gasteiger partial charge in [-0.25, -0.2) is 4.79 Å². The summed E-state index contributed by atoms with van der Waals surface area (Å²) in [5.41, 5.74) is 0.103. The molecule has 1 rings (SSSR count). The summed E-state index contributed by atoms with van der Waals surface area (Å²) >= 11 is 0. The fourth-order valence-corrected chi connectivity index (χ4v) is 2.92. The second-order valence-electron chi connectivity index (χ2n) is 6.90. The van der Waals surface area contributed by atoms with Crippen molar-refractivity contribution in [3.05, 3.63) is 0 Å². The van der Waals surface area contributed by atoms with E-state index in [1.54, 1.807) is 0 Å². The highest BCUT2D eigenvalue weighted by molar-refractivity contribution is 5.67. The lowest BCUT2D eigenvalue weighted by Crippen LogP contribution is -2.60. The molecule has 1 amide bonds. The predicted octanol–water partition coefficient (Wildman–Crippen LogP) is 3.16. The number of carbonyl (C=O) groups excluding carboxylic acids is 1. The van der Waals surface area contributed by atoms with Gasteiger partial charge in [-0.1, -0.05) is 13.3 Å². The van der Waals surface area contributed by atoms with Crippen LogP contribution in [0.15, 0.2) is 0 Å². The summed E-state index contributed by atoms with van der Waals surface area (Å²) in [6, 6.07) is 0. The molecule has 4 nitrogen and oxygen atoms in total. The number of alkyl carbamates (subject to hydrolysis) is 1. The van der Waals surface area contributed by atoms with Crippen LogP contribution in [0.5, 0.6) is 0 Å². The number of piperidine rings is 1. The zero-order valence-electron chi connectivity index (χ0n) is 13.4. The molecule has 0 saturated carbocycles. The number of hydrogen-bond donors (Lipinski definition) is 1. The van der Waals surface area contributed by atoms with E-state index in [0.717, 1.165) is 25.7 Å². The molecule has 112 valence electrons. The van der Waals surface area contributed by atoms with Crippen LogP contribution in [0.25, 0.3) is 0 Å². The maximum atomic E-state index is 11.7. The molecule has 0 spiro atoms. The molecule has 1 heterocycles. The Labute approximate surface area is 117 Å². The lowest BCUT2D eigenvalue weighted by atomic mass is 9.79. The molecule has 0 aliphatic carbocycles. The number of rotatable bonds is 4. The Bertz CT molecular complexity index is 295. The average molecular weight is 270 g/mol. The first-order valence-electron chi connectivity index (χ1n) is 7.37. The Morgan fingerprint density at radius 3 is 2.26 bits per heavy atom. The van der Waals surface area contributed by atoms with Crippen molar-refractivity contribution in [1.29, 1.82) is 0 Å². The molecule has 1 aliphatic heterocycles. The first-order chi connectivity index (χ1) is 8.69. The second kappa shape index (κ2) is 6.12. The zero-order valence-corrected chi connectivity index (χ0v) is 13.4. The van der Waals surface area contributed by atoms with Crippen LogP contribution in [0.3, 0.4) is 0 Å². The average Bonchev–Trinajstić information content (AvgIpc) is 2.25. The van der Waals surface area contributed by atoms with Crippen molar-refractivity contribution in [3.63, 3.8) is 0 Å². The third-order valence-corrected chi connectivity index (χ3v) is 4.34. The molecule has 1 N–H and O–H groups in total. The fraction of sp³-hybridized carbons (Fsp3) is 0.933. The lowest BCUT2D eigenvalue weighted by molar-refractivity contribution is -0.0680. The highest BCUT2D eigenvalue weighted by atomic mass is 16.6. The summed E-state index contributed by atoms with van der Waals surface area (Å²) in [7, 11) is 2.15. The molecule has 0 bridgehead atoms. The fourth-order valence-electron chi connectivity index (χ4n) is 2.92. The molecular formula is C15H30N2O2. The van der Waals surface area contributed by atoms with E-state index in [1.807, 2.05) is 0 Å². The highest BCUT2D eigenvalue weighted by Crippen LogP contribution is 2.37. The van der Waals surface area contributed by atoms with E-state index in [2.05, 4.69) is 51.9 Å². The minimum Gasteiger partial charge on any atom is -0.446 e. The van der Waals surface area contributed by atoms with E-state index in [-0.39, 0.29) is 23.3 Å². The van der Waals surface area contributed by atoms with Crippen LogP contribution in [-0.4, -0.2) is 41.8 Å². The van der Waals surface area contributed by atoms with Gasteiger partial charge < -0.3 is 10.1 Å². The largest absolute Gasteiger partial charge is 0.446 e. The Kier molecular flexibility index (Phi) is 5.25. The van der Waals surface area contributed by atoms with Crippen LogP contribution in [0, 0.1) is 0 Å². The zero-order chi connectivity index (χ0) is 14.7. The van der Waals surface area contributed by atoms with Gasteiger partial charge in [-0.05, 0) is 41.2 Å². The van der Waals surface area contributed by atoms with Gasteiger partial charge in [-0.3, -0.25) is 4.90 Å². The Morgan fingerprint density at radius 2 is 1.79 bits per heavy atom. The molecule has 0 radical (unpaired) electrons. The van der Waals surface area contributed by atoms with Gasteiger partial charge in [0.1, 0.15) is 6.10 Å². The number of unbranched alkanes of at least 4 members (excludes halogenated alkanes) is 1. The third-order valence-electron chi connectivity index (χ3n) is 4.34. The number of hydrogen-bond acceptors (Lipinski definition) is 3. The number of likely N-dealkylation sites (tertiary alicyclic amines) is 1. The van der Waals surface area contributed by atoms with Crippen LogP contribution in [0.1, 0.15) is 60.3 Å². The van der Waals surface area contributed by atoms with Gasteiger partial charge in [0.05, 0.1) is 0 Å². The quantitative estimate of drug-likeness (QED) is 0.798. The summed E-state index contributed by atoms with van der Waals surface area (Å²) < 4.78 is 5.58. The standard InChI is InChI=1S/C15H30N2O2/c1-7-8-9-16-13(18)19-12-10-14(2,3)17(6)15(4,5)11-12/h12H,7-11H2,1-6H3,(H,16,18). The van der Waals surface area contributed by atoms with Gasteiger partial charge in [0, 0.05) is 30.5 Å². The number of amides is 1. The second-order valence-corrected chi connectivity index (χ2v) is 6.90. The minimum atomic E-state index is -0.269. The first kappa shape index (κ1) is 16.3. The molecule has 0 aromatic rings. The molecule has 1 fully saturated rings. The Morgan fingerprint density at radius 1 is 1.26 bits per heavy atom. The molecule has 0 atom stereocenters. The van der Waals surface area contributed by atoms with E-state index >= 15 is 0 Å². The van der Waals surface area contributed by atoms with Gasteiger partial charge in [0.15, 0.2) is 0 Å². The molecule has 1 aliphatic rings. The normalized spacial score (nSPS) is 23.1. The van der Waals surface area contributed by atoms with Crippen LogP contribution in [0.2, 0.25) is 0 Å². The van der Waals surface area contributed by atoms with E-state index in [0.29, 0.717) is 6.54 Å². The van der Waals surface area contributed by atoms with Gasteiger partial charge in [0.2, 0.25) is 0 Å². The summed E-state index contributed by atoms with van der Waals surface area (Å²) in [6.07, 6.45) is 3.58. The minimum absolute atomic E-state index is 0.00262. The smallest absolute Gasteiger partial charge is 0.407 e. The van der Waals surface area contributed by atoms with Gasteiger partial charge in [0.25, 0.3) is 0 Å². The van der Waals surface area contributed by atoms with Crippen LogP contribution >= 0.6 is 0 Å². The van der Waals surface area contributed by atoms with E-state index in [4.69, 9.17) is 4.74 Å². The van der Waals surface area contributed by atoms with Gasteiger partial charge >= 0.3 is 6.09 Å². The summed E-state index contributed by atoms with van der Waals surface area (Å²) in [5, 5.41) is 2.82. The SMILES string of the molecule is CCCCNC(=O)OC1CC(C)(C)N(C)C(C)(C)C1. The summed E-state index contributed by atoms with van der Waals surface area (Å²) in [5.74, 6) is 0. The summed E-state index contributed by atoms with van der Waals surface area (Å²) in [6.45, 7) is 11.6. The van der Waals surface area contributed by atoms with Crippen molar-refractivity contribution in [2.45, 2.75) is 77.5 Å². The highest BCUT2D eigenvalue weighted by Gasteiger charge is 2.44. The lowest BCUT2D eigenvalue weighted by Gasteiger charge is -2.53. The van der Waals surface area contributed by atoms with Crippen LogP contribution in [-0.2, 0) is 4.74 Å². The van der Waals surface area contributed by atoms with Crippen molar-refractivity contribution in [2.75, 3.05) is 13.6 Å². The van der Waals surface area contributed by atoms with Crippen molar-refractivity contribution in [1.82, 2.24) is 10.2 Å². The maximum absolute atomic E-state index is 11.7. The first-order valence-corrected chi connectivity index (χ1v) is 7.37. The van der Waals surface area contributed by atoms with Crippen molar-refractivity contribution < 1.29 is 9.53 Å². The molecule has 0 unspecified atom stereocenters. The summed E-state index contributed by atoms with van der Waals surface area (Å²) in [4.78, 5) is 14.1. The van der Waals surface area contributed by atoms with Crippen molar-refractivity contribution in [3.8, 4) is 0 Å². The number of carbonyl (C=O) groups is 1. The predicted molar refractivity (Wildman–Crippen MR) is 78.3 cm³/mol. The monoisotopic (exact) mass is 270 g/mol. The van der Waals surface area contributed by atoms with Crippen molar-refractivity contribution in [2.24, 2.45) is 0 Å². The topological polar surface area (TPSA) is 41.6 Å². The number of ether oxygens (including phenoxy) is 1. The third kappa shape index (κ3) is 4.37. The molecule has 1 saturated heterocycles. The van der Waals surface area contributed by atoms with Gasteiger partial charge in [-0.2, -0.15) is 0 Å². The van der Waals surface area contributed by atoms with E-state index < -0.39 is 0 Å². The molecule has 0 aromatic heterocycles. The van der Waals surface area contributed by atoms with Crippen molar-refractivity contribution >= 4 is 6.09 Å².